The number of amides is 2. The van der Waals surface area contributed by atoms with Crippen LogP contribution >= 0.6 is 0 Å². The van der Waals surface area contributed by atoms with E-state index in [-0.39, 0.29) is 40.9 Å². The molecule has 0 saturated carbocycles. The Labute approximate surface area is 280 Å². The van der Waals surface area contributed by atoms with Crippen molar-refractivity contribution in [1.29, 1.82) is 0 Å². The molecule has 5 rings (SSSR count). The van der Waals surface area contributed by atoms with Crippen molar-refractivity contribution in [3.63, 3.8) is 0 Å². The Hall–Kier alpha value is -4.85. The fourth-order valence-electron chi connectivity index (χ4n) is 5.53. The molecule has 266 valence electrons. The summed E-state index contributed by atoms with van der Waals surface area (Å²) in [6.07, 6.45) is -0.881. The first-order valence-electron chi connectivity index (χ1n) is 15.8. The third-order valence-corrected chi connectivity index (χ3v) is 8.17. The summed E-state index contributed by atoms with van der Waals surface area (Å²) in [5.74, 6) is -0.313. The van der Waals surface area contributed by atoms with E-state index in [0.717, 1.165) is 0 Å². The summed E-state index contributed by atoms with van der Waals surface area (Å²) in [5.41, 5.74) is 3.23. The van der Waals surface area contributed by atoms with Crippen molar-refractivity contribution < 1.29 is 29.3 Å². The van der Waals surface area contributed by atoms with Crippen LogP contribution in [-0.4, -0.2) is 140 Å². The van der Waals surface area contributed by atoms with Gasteiger partial charge in [-0.1, -0.05) is 6.08 Å². The van der Waals surface area contributed by atoms with Crippen molar-refractivity contribution in [2.45, 2.75) is 50.9 Å². The molecule has 0 spiro atoms. The van der Waals surface area contributed by atoms with Crippen LogP contribution in [0.4, 0.5) is 22.1 Å². The molecular weight excluding hydrogens is 644 g/mol. The molecule has 2 aliphatic heterocycles. The summed E-state index contributed by atoms with van der Waals surface area (Å²) in [7, 11) is 1.83. The molecule has 2 aliphatic rings. The van der Waals surface area contributed by atoms with Crippen molar-refractivity contribution in [3.05, 3.63) is 49.3 Å². The topological polar surface area (TPSA) is 251 Å². The van der Waals surface area contributed by atoms with Gasteiger partial charge in [0.05, 0.1) is 6.33 Å². The van der Waals surface area contributed by atoms with Gasteiger partial charge in [-0.2, -0.15) is 4.98 Å². The Morgan fingerprint density at radius 2 is 1.76 bits per heavy atom. The summed E-state index contributed by atoms with van der Waals surface area (Å²) in [4.78, 5) is 77.1. The number of hydrogen-bond acceptors (Lipinski definition) is 15. The number of aliphatic hydroxyl groups excluding tert-OH is 2. The molecule has 0 aliphatic carbocycles. The van der Waals surface area contributed by atoms with Gasteiger partial charge in [0.1, 0.15) is 35.3 Å². The number of carbonyl (C=O) groups is 2. The zero-order valence-corrected chi connectivity index (χ0v) is 27.7. The maximum atomic E-state index is 12.6. The Balaban J connectivity index is 1.06. The number of piperazine rings is 1. The fraction of sp³-hybridized carbons (Fsp3) is 0.567. The molecule has 7 N–H and O–H groups in total. The molecular formula is C30H42N10O9. The van der Waals surface area contributed by atoms with Gasteiger partial charge >= 0.3 is 6.09 Å². The van der Waals surface area contributed by atoms with E-state index < -0.39 is 52.7 Å². The number of aliphatic hydroxyl groups is 2. The maximum Gasteiger partial charge on any atom is 0.410 e. The summed E-state index contributed by atoms with van der Waals surface area (Å²) in [6.45, 7) is 8.14. The van der Waals surface area contributed by atoms with E-state index in [1.165, 1.54) is 17.0 Å². The number of imidazole rings is 1. The lowest BCUT2D eigenvalue weighted by Gasteiger charge is -2.35. The van der Waals surface area contributed by atoms with Gasteiger partial charge in [0.2, 0.25) is 11.9 Å². The van der Waals surface area contributed by atoms with Crippen LogP contribution in [-0.2, 0) is 14.3 Å². The van der Waals surface area contributed by atoms with Gasteiger partial charge in [-0.05, 0) is 27.8 Å². The molecule has 0 bridgehead atoms. The second-order valence-electron chi connectivity index (χ2n) is 13.0. The summed E-state index contributed by atoms with van der Waals surface area (Å²) < 4.78 is 12.5. The average molecular weight is 687 g/mol. The van der Waals surface area contributed by atoms with E-state index in [1.54, 1.807) is 36.6 Å². The number of nitrogens with two attached hydrogens (primary N) is 1. The predicted octanol–water partition coefficient (Wildman–Crippen LogP) is -1.99. The van der Waals surface area contributed by atoms with Gasteiger partial charge in [0.15, 0.2) is 17.4 Å². The SMILES string of the molecule is CN(C/C=C/C(=O)N1CCN(C(=O)OC(C)(C)C)CC1)CCNc1c(NC[C@H]2O[C@@H](n3cnc4c(=O)[nH]c(N)nc43)[C@H](O)[C@@H]2O)c(=O)c1=O. The van der Waals surface area contributed by atoms with Crippen molar-refractivity contribution in [3.8, 4) is 0 Å². The second-order valence-corrected chi connectivity index (χ2v) is 13.0. The Morgan fingerprint density at radius 3 is 2.43 bits per heavy atom. The number of fused-ring (bicyclic) bond motifs is 1. The van der Waals surface area contributed by atoms with Crippen LogP contribution < -0.4 is 32.8 Å². The number of H-pyrrole nitrogens is 1. The number of aromatic nitrogens is 4. The zero-order valence-electron chi connectivity index (χ0n) is 27.7. The quantitative estimate of drug-likeness (QED) is 0.0944. The molecule has 2 saturated heterocycles. The van der Waals surface area contributed by atoms with Crippen LogP contribution in [0, 0.1) is 0 Å². The number of nitrogen functional groups attached to an aromatic ring is 1. The van der Waals surface area contributed by atoms with Crippen LogP contribution in [0.3, 0.4) is 0 Å². The maximum absolute atomic E-state index is 12.6. The lowest BCUT2D eigenvalue weighted by molar-refractivity contribution is -0.127. The molecule has 19 heteroatoms. The third kappa shape index (κ3) is 7.90. The number of likely N-dealkylation sites (N-methyl/N-ethyl adjacent to an activating group) is 1. The van der Waals surface area contributed by atoms with Gasteiger partial charge in [-0.25, -0.2) is 9.78 Å². The van der Waals surface area contributed by atoms with Gasteiger partial charge in [-0.3, -0.25) is 28.7 Å². The molecule has 0 unspecified atom stereocenters. The molecule has 3 aromatic rings. The monoisotopic (exact) mass is 686 g/mol. The number of ether oxygens (including phenoxy) is 2. The number of carbonyl (C=O) groups excluding carboxylic acids is 2. The first kappa shape index (κ1) is 35.5. The van der Waals surface area contributed by atoms with Crippen LogP contribution in [0.1, 0.15) is 27.0 Å². The van der Waals surface area contributed by atoms with Gasteiger partial charge in [0.25, 0.3) is 16.4 Å². The number of hydrogen-bond donors (Lipinski definition) is 6. The zero-order chi connectivity index (χ0) is 35.6. The summed E-state index contributed by atoms with van der Waals surface area (Å²) in [6, 6.07) is 0. The van der Waals surface area contributed by atoms with E-state index in [1.807, 2.05) is 11.9 Å². The Bertz CT molecular complexity index is 1830. The van der Waals surface area contributed by atoms with Crippen molar-refractivity contribution in [1.82, 2.24) is 34.2 Å². The van der Waals surface area contributed by atoms with E-state index in [2.05, 4.69) is 25.6 Å². The number of nitrogens with zero attached hydrogens (tertiary/aromatic N) is 6. The highest BCUT2D eigenvalue weighted by atomic mass is 16.6. The smallest absolute Gasteiger partial charge is 0.410 e. The minimum atomic E-state index is -1.42. The van der Waals surface area contributed by atoms with Gasteiger partial charge in [-0.15, -0.1) is 0 Å². The van der Waals surface area contributed by atoms with Gasteiger partial charge in [0, 0.05) is 58.4 Å². The van der Waals surface area contributed by atoms with Crippen molar-refractivity contribution in [2.24, 2.45) is 0 Å². The highest BCUT2D eigenvalue weighted by Crippen LogP contribution is 2.31. The first-order chi connectivity index (χ1) is 23.1. The number of anilines is 3. The second kappa shape index (κ2) is 14.3. The standard InChI is InChI=1S/C30H42N10O9/c1-30(2,3)49-29(47)39-12-10-38(11-13-39)17(41)6-5-8-37(4)9-7-32-18-19(23(44)22(18)43)33-14-16-21(42)24(45)27(48-16)40-15-34-20-25(40)35-28(31)36-26(20)46/h5-6,15-16,21,24,27,32-33,42,45H,7-14H2,1-4H3,(H3,31,35,36,46)/b6-5+/t16-,21-,24-,27-/m1/s1. The minimum absolute atomic E-state index is 0.0253. The molecule has 2 fully saturated rings. The third-order valence-electron chi connectivity index (χ3n) is 8.17. The van der Waals surface area contributed by atoms with E-state index >= 15 is 0 Å². The predicted molar refractivity (Wildman–Crippen MR) is 178 cm³/mol. The minimum Gasteiger partial charge on any atom is -0.444 e. The van der Waals surface area contributed by atoms with Crippen LogP contribution in [0.5, 0.6) is 0 Å². The Morgan fingerprint density at radius 1 is 1.10 bits per heavy atom. The highest BCUT2D eigenvalue weighted by Gasteiger charge is 2.44. The van der Waals surface area contributed by atoms with Crippen LogP contribution in [0.2, 0.25) is 0 Å². The fourth-order valence-corrected chi connectivity index (χ4v) is 5.53. The van der Waals surface area contributed by atoms with E-state index in [9.17, 15) is 34.2 Å². The summed E-state index contributed by atoms with van der Waals surface area (Å²) in [5, 5.41) is 27.1. The number of nitrogens with one attached hydrogen (secondary N) is 3. The van der Waals surface area contributed by atoms with Crippen LogP contribution in [0.25, 0.3) is 11.2 Å². The molecule has 2 amide bonds. The molecule has 2 aromatic heterocycles. The average Bonchev–Trinajstić information content (AvgIpc) is 3.59. The first-order valence-corrected chi connectivity index (χ1v) is 15.8. The highest BCUT2D eigenvalue weighted by molar-refractivity contribution is 5.87. The van der Waals surface area contributed by atoms with E-state index in [0.29, 0.717) is 45.8 Å². The van der Waals surface area contributed by atoms with Crippen molar-refractivity contribution in [2.75, 3.05) is 75.8 Å². The lowest BCUT2D eigenvalue weighted by Crippen LogP contribution is -2.51. The Kier molecular flexibility index (Phi) is 10.4. The normalized spacial score (nSPS) is 21.7. The van der Waals surface area contributed by atoms with Crippen molar-refractivity contribution >= 4 is 40.5 Å². The molecule has 4 heterocycles. The molecule has 1 aromatic carbocycles. The molecule has 19 nitrogen and oxygen atoms in total. The molecule has 49 heavy (non-hydrogen) atoms. The van der Waals surface area contributed by atoms with Gasteiger partial charge < -0.3 is 50.8 Å². The molecule has 0 radical (unpaired) electrons. The number of aromatic amines is 1. The number of rotatable bonds is 11. The van der Waals surface area contributed by atoms with E-state index in [4.69, 9.17) is 15.2 Å². The lowest BCUT2D eigenvalue weighted by atomic mass is 10.1. The van der Waals surface area contributed by atoms with Crippen LogP contribution in [0.15, 0.2) is 32.9 Å². The largest absolute Gasteiger partial charge is 0.444 e. The molecule has 4 atom stereocenters. The summed E-state index contributed by atoms with van der Waals surface area (Å²) >= 11 is 0.